The second-order valence-electron chi connectivity index (χ2n) is 7.99. The van der Waals surface area contributed by atoms with Crippen molar-refractivity contribution < 1.29 is 14.7 Å². The summed E-state index contributed by atoms with van der Waals surface area (Å²) in [6, 6.07) is 3.67. The van der Waals surface area contributed by atoms with Gasteiger partial charge in [0.05, 0.1) is 27.7 Å². The lowest BCUT2D eigenvalue weighted by molar-refractivity contribution is -0.127. The highest BCUT2D eigenvalue weighted by Crippen LogP contribution is 2.42. The predicted molar refractivity (Wildman–Crippen MR) is 106 cm³/mol. The van der Waals surface area contributed by atoms with Gasteiger partial charge in [0, 0.05) is 12.0 Å². The first-order valence-corrected chi connectivity index (χ1v) is 10.4. The minimum Gasteiger partial charge on any atom is -0.364 e. The third-order valence-electron chi connectivity index (χ3n) is 6.28. The molecule has 2 N–H and O–H groups in total. The number of aliphatic hydroxyl groups is 1. The Hall–Kier alpha value is -1.14. The van der Waals surface area contributed by atoms with Crippen LogP contribution in [-0.4, -0.2) is 46.4 Å². The summed E-state index contributed by atoms with van der Waals surface area (Å²) >= 11 is 12.2. The van der Waals surface area contributed by atoms with Gasteiger partial charge in [0.1, 0.15) is 5.78 Å². The summed E-state index contributed by atoms with van der Waals surface area (Å²) in [5, 5.41) is 14.1. The fraction of sp³-hybridized carbons (Fsp3) is 0.600. The normalized spacial score (nSPS) is 31.0. The van der Waals surface area contributed by atoms with Crippen LogP contribution in [-0.2, 0) is 4.79 Å². The second-order valence-corrected chi connectivity index (χ2v) is 8.80. The van der Waals surface area contributed by atoms with Crippen LogP contribution in [0.4, 0.5) is 5.69 Å². The summed E-state index contributed by atoms with van der Waals surface area (Å²) in [4.78, 5) is 28.1. The predicted octanol–water partition coefficient (Wildman–Crippen LogP) is 3.90. The standard InChI is InChI=1S/C20H24Cl2N2O3/c21-14-7-8-15(22)18-17(14)19(26)20(27,23-18)11-16(25)12-3-5-13(6-4-12)24-9-1-2-10-24/h7-8,12-13,23,27H,1-6,9-11H2. The first-order chi connectivity index (χ1) is 12.9. The quantitative estimate of drug-likeness (QED) is 0.787. The molecule has 5 nitrogen and oxygen atoms in total. The molecule has 1 aromatic rings. The minimum atomic E-state index is -1.96. The van der Waals surface area contributed by atoms with E-state index in [2.05, 4.69) is 10.2 Å². The third-order valence-corrected chi connectivity index (χ3v) is 6.91. The summed E-state index contributed by atoms with van der Waals surface area (Å²) in [6.45, 7) is 2.34. The van der Waals surface area contributed by atoms with Gasteiger partial charge in [-0.25, -0.2) is 0 Å². The first kappa shape index (κ1) is 19.2. The van der Waals surface area contributed by atoms with Crippen LogP contribution < -0.4 is 5.32 Å². The number of likely N-dealkylation sites (tertiary alicyclic amines) is 1. The van der Waals surface area contributed by atoms with Gasteiger partial charge in [0.15, 0.2) is 0 Å². The number of nitrogens with zero attached hydrogens (tertiary/aromatic N) is 1. The van der Waals surface area contributed by atoms with E-state index in [0.717, 1.165) is 25.7 Å². The van der Waals surface area contributed by atoms with E-state index in [4.69, 9.17) is 23.2 Å². The minimum absolute atomic E-state index is 0.0710. The van der Waals surface area contributed by atoms with Crippen molar-refractivity contribution in [3.05, 3.63) is 27.7 Å². The molecule has 146 valence electrons. The molecule has 3 aliphatic rings. The van der Waals surface area contributed by atoms with E-state index in [1.807, 2.05) is 0 Å². The number of Topliss-reactive ketones (excluding diaryl/α,β-unsaturated/α-hetero) is 2. The van der Waals surface area contributed by atoms with Gasteiger partial charge in [-0.05, 0) is 63.7 Å². The number of nitrogens with one attached hydrogen (secondary N) is 1. The van der Waals surface area contributed by atoms with E-state index in [1.54, 1.807) is 6.07 Å². The molecule has 1 saturated carbocycles. The van der Waals surface area contributed by atoms with Gasteiger partial charge in [-0.3, -0.25) is 9.59 Å². The zero-order valence-corrected chi connectivity index (χ0v) is 16.7. The first-order valence-electron chi connectivity index (χ1n) is 9.69. The second kappa shape index (κ2) is 7.36. The SMILES string of the molecule is O=C(CC1(O)Nc2c(Cl)ccc(Cl)c2C1=O)C1CCC(N2CCCC2)CC1. The molecule has 0 spiro atoms. The molecule has 0 radical (unpaired) electrons. The van der Waals surface area contributed by atoms with Crippen molar-refractivity contribution in [1.29, 1.82) is 0 Å². The van der Waals surface area contributed by atoms with Gasteiger partial charge in [-0.1, -0.05) is 23.2 Å². The number of carbonyl (C=O) groups is 2. The molecule has 1 unspecified atom stereocenters. The Morgan fingerprint density at radius 3 is 2.41 bits per heavy atom. The summed E-state index contributed by atoms with van der Waals surface area (Å²) in [5.41, 5.74) is -1.49. The lowest BCUT2D eigenvalue weighted by Crippen LogP contribution is -2.45. The maximum Gasteiger partial charge on any atom is 0.219 e. The monoisotopic (exact) mass is 410 g/mol. The summed E-state index contributed by atoms with van der Waals surface area (Å²) in [7, 11) is 0. The van der Waals surface area contributed by atoms with Gasteiger partial charge in [0.25, 0.3) is 0 Å². The maximum absolute atomic E-state index is 12.8. The molecule has 2 fully saturated rings. The van der Waals surface area contributed by atoms with Crippen molar-refractivity contribution in [3.8, 4) is 0 Å². The van der Waals surface area contributed by atoms with Crippen LogP contribution in [0.3, 0.4) is 0 Å². The van der Waals surface area contributed by atoms with E-state index < -0.39 is 11.5 Å². The van der Waals surface area contributed by atoms with Crippen molar-refractivity contribution in [3.63, 3.8) is 0 Å². The molecule has 0 bridgehead atoms. The van der Waals surface area contributed by atoms with Crippen LogP contribution in [0.5, 0.6) is 0 Å². The van der Waals surface area contributed by atoms with Crippen LogP contribution in [0.25, 0.3) is 0 Å². The molecular weight excluding hydrogens is 387 g/mol. The highest BCUT2D eigenvalue weighted by molar-refractivity contribution is 6.40. The summed E-state index contributed by atoms with van der Waals surface area (Å²) in [6.07, 6.45) is 5.93. The van der Waals surface area contributed by atoms with Crippen LogP contribution in [0, 0.1) is 5.92 Å². The van der Waals surface area contributed by atoms with E-state index in [0.29, 0.717) is 16.8 Å². The molecule has 1 aromatic carbocycles. The summed E-state index contributed by atoms with van der Waals surface area (Å²) in [5.74, 6) is -0.750. The number of hydrogen-bond acceptors (Lipinski definition) is 5. The van der Waals surface area contributed by atoms with Gasteiger partial charge in [-0.15, -0.1) is 0 Å². The van der Waals surface area contributed by atoms with Crippen LogP contribution in [0.15, 0.2) is 12.1 Å². The maximum atomic E-state index is 12.8. The number of rotatable bonds is 4. The van der Waals surface area contributed by atoms with Crippen molar-refractivity contribution in [2.75, 3.05) is 18.4 Å². The number of ketones is 2. The van der Waals surface area contributed by atoms with Crippen LogP contribution in [0.2, 0.25) is 10.0 Å². The average molecular weight is 411 g/mol. The third kappa shape index (κ3) is 3.51. The Balaban J connectivity index is 1.41. The molecule has 1 atom stereocenters. The van der Waals surface area contributed by atoms with E-state index in [9.17, 15) is 14.7 Å². The number of halogens is 2. The Kier molecular flexibility index (Phi) is 5.23. The number of benzene rings is 1. The molecule has 1 aliphatic carbocycles. The molecule has 4 rings (SSSR count). The number of fused-ring (bicyclic) bond motifs is 1. The fourth-order valence-corrected chi connectivity index (χ4v) is 5.21. The Morgan fingerprint density at radius 2 is 1.78 bits per heavy atom. The molecule has 0 aromatic heterocycles. The van der Waals surface area contributed by atoms with Gasteiger partial charge in [-0.2, -0.15) is 0 Å². The number of anilines is 1. The summed E-state index contributed by atoms with van der Waals surface area (Å²) < 4.78 is 0. The van der Waals surface area contributed by atoms with Crippen molar-refractivity contribution in [2.45, 2.75) is 56.7 Å². The van der Waals surface area contributed by atoms with E-state index >= 15 is 0 Å². The highest BCUT2D eigenvalue weighted by atomic mass is 35.5. The van der Waals surface area contributed by atoms with Gasteiger partial charge < -0.3 is 15.3 Å². The lowest BCUT2D eigenvalue weighted by Gasteiger charge is -2.34. The van der Waals surface area contributed by atoms with Crippen LogP contribution >= 0.6 is 23.2 Å². The topological polar surface area (TPSA) is 69.6 Å². The largest absolute Gasteiger partial charge is 0.364 e. The molecule has 7 heteroatoms. The smallest absolute Gasteiger partial charge is 0.219 e. The number of carbonyl (C=O) groups excluding carboxylic acids is 2. The fourth-order valence-electron chi connectivity index (χ4n) is 4.76. The van der Waals surface area contributed by atoms with Gasteiger partial charge in [0.2, 0.25) is 11.5 Å². The Labute approximate surface area is 169 Å². The molecule has 27 heavy (non-hydrogen) atoms. The van der Waals surface area contributed by atoms with Gasteiger partial charge >= 0.3 is 0 Å². The van der Waals surface area contributed by atoms with E-state index in [1.165, 1.54) is 32.0 Å². The Morgan fingerprint density at radius 1 is 1.15 bits per heavy atom. The van der Waals surface area contributed by atoms with Crippen molar-refractivity contribution in [1.82, 2.24) is 4.90 Å². The highest BCUT2D eigenvalue weighted by Gasteiger charge is 2.48. The molecule has 1 saturated heterocycles. The molecule has 0 amide bonds. The molecule has 2 heterocycles. The van der Waals surface area contributed by atoms with E-state index in [-0.39, 0.29) is 28.7 Å². The molecular formula is C20H24Cl2N2O3. The lowest BCUT2D eigenvalue weighted by atomic mass is 9.80. The number of hydrogen-bond donors (Lipinski definition) is 2. The van der Waals surface area contributed by atoms with Crippen molar-refractivity contribution in [2.24, 2.45) is 5.92 Å². The van der Waals surface area contributed by atoms with Crippen molar-refractivity contribution >= 4 is 40.5 Å². The zero-order chi connectivity index (χ0) is 19.2. The average Bonchev–Trinajstić information content (AvgIpc) is 3.27. The Bertz CT molecular complexity index is 771. The van der Waals surface area contributed by atoms with Crippen LogP contribution in [0.1, 0.15) is 55.3 Å². The zero-order valence-electron chi connectivity index (χ0n) is 15.1. The molecule has 2 aliphatic heterocycles.